The molecule has 0 fully saturated rings. The van der Waals surface area contributed by atoms with Gasteiger partial charge in [-0.15, -0.1) is 0 Å². The van der Waals surface area contributed by atoms with Crippen molar-refractivity contribution in [2.24, 2.45) is 0 Å². The van der Waals surface area contributed by atoms with Gasteiger partial charge in [-0.05, 0) is 18.5 Å². The molecule has 0 aliphatic heterocycles. The van der Waals surface area contributed by atoms with Crippen LogP contribution in [0.15, 0.2) is 30.3 Å². The van der Waals surface area contributed by atoms with Gasteiger partial charge in [0.2, 0.25) is 0 Å². The highest BCUT2D eigenvalue weighted by Gasteiger charge is 2.24. The molecule has 0 amide bonds. The molecule has 0 saturated heterocycles. The van der Waals surface area contributed by atoms with E-state index in [0.717, 1.165) is 5.56 Å². The Balaban J connectivity index is 2.68. The summed E-state index contributed by atoms with van der Waals surface area (Å²) in [6, 6.07) is 9.07. The summed E-state index contributed by atoms with van der Waals surface area (Å²) in [5.74, 6) is -1.19. The number of aliphatic hydroxyl groups excluding tert-OH is 1. The van der Waals surface area contributed by atoms with Crippen LogP contribution in [0.2, 0.25) is 0 Å². The van der Waals surface area contributed by atoms with Gasteiger partial charge in [0.25, 0.3) is 0 Å². The fourth-order valence-corrected chi connectivity index (χ4v) is 1.60. The van der Waals surface area contributed by atoms with E-state index in [9.17, 15) is 9.90 Å². The predicted octanol–water partition coefficient (Wildman–Crippen LogP) is 0.653. The van der Waals surface area contributed by atoms with Gasteiger partial charge in [0.1, 0.15) is 0 Å². The van der Waals surface area contributed by atoms with Crippen molar-refractivity contribution in [3.05, 3.63) is 35.9 Å². The van der Waals surface area contributed by atoms with E-state index in [1.165, 1.54) is 0 Å². The smallest absolute Gasteiger partial charge is 0.334 e. The van der Waals surface area contributed by atoms with Gasteiger partial charge in [0, 0.05) is 6.04 Å². The summed E-state index contributed by atoms with van der Waals surface area (Å²) in [5.41, 5.74) is 1.01. The molecule has 0 radical (unpaired) electrons. The van der Waals surface area contributed by atoms with Gasteiger partial charge in [-0.25, -0.2) is 4.79 Å². The first-order valence-corrected chi connectivity index (χ1v) is 5.33. The van der Waals surface area contributed by atoms with Crippen molar-refractivity contribution in [2.45, 2.75) is 25.5 Å². The zero-order valence-electron chi connectivity index (χ0n) is 9.26. The van der Waals surface area contributed by atoms with Crippen molar-refractivity contribution in [1.82, 2.24) is 5.32 Å². The third-order valence-electron chi connectivity index (χ3n) is 2.40. The fourth-order valence-electron chi connectivity index (χ4n) is 1.60. The van der Waals surface area contributed by atoms with Gasteiger partial charge in [-0.1, -0.05) is 37.3 Å². The van der Waals surface area contributed by atoms with Crippen LogP contribution < -0.4 is 5.32 Å². The highest BCUT2D eigenvalue weighted by atomic mass is 16.4. The molecule has 2 atom stereocenters. The van der Waals surface area contributed by atoms with Gasteiger partial charge < -0.3 is 15.5 Å². The number of hydrogen-bond donors (Lipinski definition) is 3. The van der Waals surface area contributed by atoms with Gasteiger partial charge in [0.15, 0.2) is 6.10 Å². The molecule has 16 heavy (non-hydrogen) atoms. The number of aliphatic carboxylic acids is 1. The van der Waals surface area contributed by atoms with Crippen molar-refractivity contribution in [2.75, 3.05) is 6.54 Å². The van der Waals surface area contributed by atoms with E-state index in [1.807, 2.05) is 37.3 Å². The lowest BCUT2D eigenvalue weighted by Crippen LogP contribution is -2.45. The summed E-state index contributed by atoms with van der Waals surface area (Å²) >= 11 is 0. The minimum atomic E-state index is -1.37. The van der Waals surface area contributed by atoms with Crippen LogP contribution in [0.3, 0.4) is 0 Å². The maximum absolute atomic E-state index is 10.7. The molecule has 1 rings (SSSR count). The predicted molar refractivity (Wildman–Crippen MR) is 61.3 cm³/mol. The number of hydrogen-bond acceptors (Lipinski definition) is 3. The number of carboxylic acids is 1. The molecule has 0 saturated carbocycles. The van der Waals surface area contributed by atoms with Crippen molar-refractivity contribution in [3.63, 3.8) is 0 Å². The third-order valence-corrected chi connectivity index (χ3v) is 2.40. The van der Waals surface area contributed by atoms with Crippen LogP contribution in [0.5, 0.6) is 0 Å². The van der Waals surface area contributed by atoms with E-state index in [0.29, 0.717) is 13.0 Å². The van der Waals surface area contributed by atoms with Crippen molar-refractivity contribution in [3.8, 4) is 0 Å². The Morgan fingerprint density at radius 3 is 2.50 bits per heavy atom. The molecule has 0 spiro atoms. The van der Waals surface area contributed by atoms with E-state index in [2.05, 4.69) is 5.32 Å². The van der Waals surface area contributed by atoms with Gasteiger partial charge in [-0.3, -0.25) is 0 Å². The Hall–Kier alpha value is -1.39. The minimum absolute atomic E-state index is 0.454. The minimum Gasteiger partial charge on any atom is -0.479 e. The van der Waals surface area contributed by atoms with E-state index in [-0.39, 0.29) is 0 Å². The monoisotopic (exact) mass is 223 g/mol. The lowest BCUT2D eigenvalue weighted by molar-refractivity contribution is -0.148. The summed E-state index contributed by atoms with van der Waals surface area (Å²) < 4.78 is 0. The molecule has 4 heteroatoms. The molecule has 0 heterocycles. The Bertz CT molecular complexity index is 326. The molecule has 0 bridgehead atoms. The molecular formula is C12H17NO3. The maximum atomic E-state index is 10.7. The first-order valence-electron chi connectivity index (χ1n) is 5.33. The lowest BCUT2D eigenvalue weighted by atomic mass is 10.0. The van der Waals surface area contributed by atoms with Crippen molar-refractivity contribution < 1.29 is 15.0 Å². The molecule has 3 N–H and O–H groups in total. The second-order valence-corrected chi connectivity index (χ2v) is 3.64. The number of likely N-dealkylation sites (N-methyl/N-ethyl adjacent to an activating group) is 1. The molecule has 1 aromatic carbocycles. The topological polar surface area (TPSA) is 69.6 Å². The van der Waals surface area contributed by atoms with Crippen LogP contribution in [0.25, 0.3) is 0 Å². The van der Waals surface area contributed by atoms with Crippen LogP contribution in [0.4, 0.5) is 0 Å². The average Bonchev–Trinajstić information content (AvgIpc) is 2.29. The highest BCUT2D eigenvalue weighted by molar-refractivity contribution is 5.73. The Kier molecular flexibility index (Phi) is 4.95. The number of carbonyl (C=O) groups is 1. The van der Waals surface area contributed by atoms with E-state index in [1.54, 1.807) is 0 Å². The zero-order chi connectivity index (χ0) is 12.0. The second kappa shape index (κ2) is 6.25. The Morgan fingerprint density at radius 2 is 2.00 bits per heavy atom. The summed E-state index contributed by atoms with van der Waals surface area (Å²) in [6.07, 6.45) is -0.873. The SMILES string of the molecule is CCN[C@@H](Cc1ccccc1)[C@@H](O)C(=O)O. The number of carboxylic acid groups (broad SMARTS) is 1. The molecule has 88 valence electrons. The first-order chi connectivity index (χ1) is 7.65. The summed E-state index contributed by atoms with van der Waals surface area (Å²) in [6.45, 7) is 2.51. The summed E-state index contributed by atoms with van der Waals surface area (Å²) in [7, 11) is 0. The van der Waals surface area contributed by atoms with Crippen molar-refractivity contribution in [1.29, 1.82) is 0 Å². The normalized spacial score (nSPS) is 14.4. The quantitative estimate of drug-likeness (QED) is 0.662. The molecule has 1 aromatic rings. The number of benzene rings is 1. The van der Waals surface area contributed by atoms with Crippen LogP contribution in [0, 0.1) is 0 Å². The summed E-state index contributed by atoms with van der Waals surface area (Å²) in [5, 5.41) is 21.3. The van der Waals surface area contributed by atoms with Gasteiger partial charge >= 0.3 is 5.97 Å². The van der Waals surface area contributed by atoms with Crippen LogP contribution in [0.1, 0.15) is 12.5 Å². The zero-order valence-corrected chi connectivity index (χ0v) is 9.26. The Labute approximate surface area is 94.9 Å². The Morgan fingerprint density at radius 1 is 1.38 bits per heavy atom. The first kappa shape index (κ1) is 12.7. The highest BCUT2D eigenvalue weighted by Crippen LogP contribution is 2.06. The van der Waals surface area contributed by atoms with Crippen molar-refractivity contribution >= 4 is 5.97 Å². The third kappa shape index (κ3) is 3.64. The molecule has 0 aliphatic carbocycles. The molecule has 0 aliphatic rings. The summed E-state index contributed by atoms with van der Waals surface area (Å²) in [4.78, 5) is 10.7. The molecule has 0 aromatic heterocycles. The molecular weight excluding hydrogens is 206 g/mol. The second-order valence-electron chi connectivity index (χ2n) is 3.64. The molecule has 4 nitrogen and oxygen atoms in total. The van der Waals surface area contributed by atoms with Gasteiger partial charge in [0.05, 0.1) is 0 Å². The standard InChI is InChI=1S/C12H17NO3/c1-2-13-10(11(14)12(15)16)8-9-6-4-3-5-7-9/h3-7,10-11,13-14H,2,8H2,1H3,(H,15,16)/t10-,11+/m0/s1. The van der Waals surface area contributed by atoms with Crippen LogP contribution in [-0.4, -0.2) is 34.9 Å². The van der Waals surface area contributed by atoms with E-state index < -0.39 is 18.1 Å². The number of nitrogens with one attached hydrogen (secondary N) is 1. The average molecular weight is 223 g/mol. The number of rotatable bonds is 6. The van der Waals surface area contributed by atoms with E-state index in [4.69, 9.17) is 5.11 Å². The molecule has 0 unspecified atom stereocenters. The maximum Gasteiger partial charge on any atom is 0.334 e. The lowest BCUT2D eigenvalue weighted by Gasteiger charge is -2.20. The number of aliphatic hydroxyl groups is 1. The van der Waals surface area contributed by atoms with E-state index >= 15 is 0 Å². The fraction of sp³-hybridized carbons (Fsp3) is 0.417. The van der Waals surface area contributed by atoms with Crippen LogP contribution >= 0.6 is 0 Å². The van der Waals surface area contributed by atoms with Gasteiger partial charge in [-0.2, -0.15) is 0 Å². The van der Waals surface area contributed by atoms with Crippen LogP contribution in [-0.2, 0) is 11.2 Å². The largest absolute Gasteiger partial charge is 0.479 e.